The fourth-order valence-electron chi connectivity index (χ4n) is 3.90. The number of benzene rings is 1. The van der Waals surface area contributed by atoms with E-state index in [1.54, 1.807) is 11.9 Å². The van der Waals surface area contributed by atoms with Gasteiger partial charge in [0.1, 0.15) is 5.69 Å². The summed E-state index contributed by atoms with van der Waals surface area (Å²) < 4.78 is 0. The zero-order valence-corrected chi connectivity index (χ0v) is 17.1. The molecule has 1 aliphatic rings. The van der Waals surface area contributed by atoms with E-state index in [2.05, 4.69) is 37.0 Å². The maximum Gasteiger partial charge on any atom is 0.213 e. The summed E-state index contributed by atoms with van der Waals surface area (Å²) in [6.07, 6.45) is 6.09. The van der Waals surface area contributed by atoms with Crippen molar-refractivity contribution in [2.75, 3.05) is 11.9 Å². The molecule has 0 fully saturated rings. The summed E-state index contributed by atoms with van der Waals surface area (Å²) in [6, 6.07) is 4.11. The SMILES string of the molecule is CCCC(=Nc1cc(N(C)C=O)c(C)cc1C)c1n[nH]c2c1CC(C)CC2. The van der Waals surface area contributed by atoms with Crippen molar-refractivity contribution in [1.82, 2.24) is 10.2 Å². The van der Waals surface area contributed by atoms with Crippen LogP contribution in [-0.2, 0) is 17.6 Å². The van der Waals surface area contributed by atoms with E-state index >= 15 is 0 Å². The van der Waals surface area contributed by atoms with Crippen molar-refractivity contribution in [2.45, 2.75) is 59.8 Å². The number of amides is 1. The maximum atomic E-state index is 11.2. The minimum Gasteiger partial charge on any atom is -0.318 e. The Bertz CT molecular complexity index is 865. The predicted molar refractivity (Wildman–Crippen MR) is 111 cm³/mol. The van der Waals surface area contributed by atoms with E-state index in [4.69, 9.17) is 4.99 Å². The second kappa shape index (κ2) is 8.07. The minimum absolute atomic E-state index is 0.686. The first-order valence-corrected chi connectivity index (χ1v) is 9.88. The number of aromatic amines is 1. The van der Waals surface area contributed by atoms with Crippen molar-refractivity contribution in [3.8, 4) is 0 Å². The second-order valence-corrected chi connectivity index (χ2v) is 7.83. The smallest absolute Gasteiger partial charge is 0.213 e. The lowest BCUT2D eigenvalue weighted by molar-refractivity contribution is -0.107. The highest BCUT2D eigenvalue weighted by Crippen LogP contribution is 2.31. The van der Waals surface area contributed by atoms with Crippen molar-refractivity contribution in [3.63, 3.8) is 0 Å². The van der Waals surface area contributed by atoms with Crippen LogP contribution in [0.3, 0.4) is 0 Å². The Morgan fingerprint density at radius 2 is 2.15 bits per heavy atom. The number of fused-ring (bicyclic) bond motifs is 1. The van der Waals surface area contributed by atoms with Crippen molar-refractivity contribution < 1.29 is 4.79 Å². The Kier molecular flexibility index (Phi) is 5.78. The van der Waals surface area contributed by atoms with Crippen LogP contribution in [0.1, 0.15) is 61.2 Å². The molecule has 1 N–H and O–H groups in total. The lowest BCUT2D eigenvalue weighted by atomic mass is 9.86. The highest BCUT2D eigenvalue weighted by molar-refractivity contribution is 6.02. The number of nitrogens with zero attached hydrogens (tertiary/aromatic N) is 3. The van der Waals surface area contributed by atoms with Crippen molar-refractivity contribution >= 4 is 23.5 Å². The third-order valence-corrected chi connectivity index (χ3v) is 5.46. The first-order chi connectivity index (χ1) is 12.9. The number of carbonyl (C=O) groups is 1. The topological polar surface area (TPSA) is 61.4 Å². The van der Waals surface area contributed by atoms with E-state index in [9.17, 15) is 4.79 Å². The second-order valence-electron chi connectivity index (χ2n) is 7.83. The molecule has 5 nitrogen and oxygen atoms in total. The molecular formula is C22H30N4O. The molecule has 2 aromatic rings. The van der Waals surface area contributed by atoms with Gasteiger partial charge in [-0.3, -0.25) is 14.9 Å². The molecule has 5 heteroatoms. The number of nitrogens with one attached hydrogen (secondary N) is 1. The third-order valence-electron chi connectivity index (χ3n) is 5.46. The summed E-state index contributed by atoms with van der Waals surface area (Å²) in [5.41, 5.74) is 8.67. The Morgan fingerprint density at radius 3 is 2.85 bits per heavy atom. The summed E-state index contributed by atoms with van der Waals surface area (Å²) in [6.45, 7) is 8.57. The largest absolute Gasteiger partial charge is 0.318 e. The summed E-state index contributed by atoms with van der Waals surface area (Å²) in [5, 5.41) is 7.89. The molecule has 144 valence electrons. The first kappa shape index (κ1) is 19.3. The van der Waals surface area contributed by atoms with Crippen LogP contribution in [0.2, 0.25) is 0 Å². The van der Waals surface area contributed by atoms with Crippen molar-refractivity contribution in [1.29, 1.82) is 0 Å². The van der Waals surface area contributed by atoms with Crippen LogP contribution in [0.4, 0.5) is 11.4 Å². The maximum absolute atomic E-state index is 11.2. The average Bonchev–Trinajstić information content (AvgIpc) is 3.05. The zero-order chi connectivity index (χ0) is 19.6. The van der Waals surface area contributed by atoms with E-state index < -0.39 is 0 Å². The molecule has 0 aliphatic heterocycles. The number of rotatable bonds is 6. The van der Waals surface area contributed by atoms with Crippen molar-refractivity contribution in [3.05, 3.63) is 40.2 Å². The van der Waals surface area contributed by atoms with Gasteiger partial charge in [0, 0.05) is 24.0 Å². The molecule has 1 aromatic heterocycles. The number of hydrogen-bond acceptors (Lipinski definition) is 3. The van der Waals surface area contributed by atoms with Gasteiger partial charge >= 0.3 is 0 Å². The van der Waals surface area contributed by atoms with Crippen LogP contribution in [0, 0.1) is 19.8 Å². The fraction of sp³-hybridized carbons (Fsp3) is 0.500. The minimum atomic E-state index is 0.686. The molecular weight excluding hydrogens is 336 g/mol. The van der Waals surface area contributed by atoms with Crippen molar-refractivity contribution in [2.24, 2.45) is 10.9 Å². The van der Waals surface area contributed by atoms with Gasteiger partial charge in [0.05, 0.1) is 11.4 Å². The van der Waals surface area contributed by atoms with Gasteiger partial charge in [0.25, 0.3) is 0 Å². The Hall–Kier alpha value is -2.43. The molecule has 1 heterocycles. The molecule has 1 unspecified atom stereocenters. The number of H-pyrrole nitrogens is 1. The number of aryl methyl sites for hydroxylation is 3. The molecule has 3 rings (SSSR count). The van der Waals surface area contributed by atoms with Gasteiger partial charge in [0.15, 0.2) is 0 Å². The molecule has 1 amide bonds. The molecule has 1 aromatic carbocycles. The molecule has 27 heavy (non-hydrogen) atoms. The number of carbonyl (C=O) groups excluding carboxylic acids is 1. The third kappa shape index (κ3) is 3.97. The molecule has 1 atom stereocenters. The first-order valence-electron chi connectivity index (χ1n) is 9.88. The highest BCUT2D eigenvalue weighted by Gasteiger charge is 2.23. The van der Waals surface area contributed by atoms with Gasteiger partial charge in [-0.15, -0.1) is 0 Å². The van der Waals surface area contributed by atoms with Crippen LogP contribution in [0.25, 0.3) is 0 Å². The van der Waals surface area contributed by atoms with E-state index in [-0.39, 0.29) is 0 Å². The van der Waals surface area contributed by atoms with E-state index in [1.807, 2.05) is 13.0 Å². The quantitative estimate of drug-likeness (QED) is 0.597. The molecule has 0 spiro atoms. The Morgan fingerprint density at radius 1 is 1.37 bits per heavy atom. The molecule has 0 bridgehead atoms. The average molecular weight is 367 g/mol. The van der Waals surface area contributed by atoms with Gasteiger partial charge in [-0.25, -0.2) is 0 Å². The summed E-state index contributed by atoms with van der Waals surface area (Å²) >= 11 is 0. The fourth-order valence-corrected chi connectivity index (χ4v) is 3.90. The van der Waals surface area contributed by atoms with Crippen LogP contribution < -0.4 is 4.90 Å². The van der Waals surface area contributed by atoms with Crippen LogP contribution in [0.5, 0.6) is 0 Å². The summed E-state index contributed by atoms with van der Waals surface area (Å²) in [5.74, 6) is 0.686. The van der Waals surface area contributed by atoms with Crippen LogP contribution in [0.15, 0.2) is 17.1 Å². The number of aliphatic imine (C=N–C) groups is 1. The standard InChI is InChI=1S/C22H30N4O/c1-6-7-19(22-17-10-14(2)8-9-18(17)24-25-22)23-20-12-21(26(5)13-27)16(4)11-15(20)3/h11-14H,6-10H2,1-5H3,(H,24,25). The van der Waals surface area contributed by atoms with Crippen LogP contribution >= 0.6 is 0 Å². The lowest BCUT2D eigenvalue weighted by Crippen LogP contribution is -2.15. The Labute approximate surface area is 161 Å². The lowest BCUT2D eigenvalue weighted by Gasteiger charge is -2.19. The number of aromatic nitrogens is 2. The number of anilines is 1. The Balaban J connectivity index is 2.07. The normalized spacial score (nSPS) is 16.9. The van der Waals surface area contributed by atoms with E-state index in [0.29, 0.717) is 5.92 Å². The van der Waals surface area contributed by atoms with Gasteiger partial charge in [-0.2, -0.15) is 5.10 Å². The molecule has 1 aliphatic carbocycles. The van der Waals surface area contributed by atoms with Gasteiger partial charge in [0.2, 0.25) is 6.41 Å². The molecule has 0 saturated heterocycles. The summed E-state index contributed by atoms with van der Waals surface area (Å²) in [7, 11) is 1.77. The van der Waals surface area contributed by atoms with Crippen LogP contribution in [-0.4, -0.2) is 29.4 Å². The monoisotopic (exact) mass is 366 g/mol. The molecule has 0 radical (unpaired) electrons. The van der Waals surface area contributed by atoms with E-state index in [1.165, 1.54) is 17.7 Å². The van der Waals surface area contributed by atoms with Gasteiger partial charge in [-0.05, 0) is 62.6 Å². The van der Waals surface area contributed by atoms with Gasteiger partial charge < -0.3 is 4.90 Å². The molecule has 0 saturated carbocycles. The zero-order valence-electron chi connectivity index (χ0n) is 17.1. The summed E-state index contributed by atoms with van der Waals surface area (Å²) in [4.78, 5) is 17.9. The van der Waals surface area contributed by atoms with Gasteiger partial charge in [-0.1, -0.05) is 26.3 Å². The predicted octanol–water partition coefficient (Wildman–Crippen LogP) is 4.66. The van der Waals surface area contributed by atoms with E-state index in [0.717, 1.165) is 66.0 Å². The highest BCUT2D eigenvalue weighted by atomic mass is 16.1. The number of hydrogen-bond donors (Lipinski definition) is 1.